The molecule has 6 aromatic carbocycles. The first-order valence-electron chi connectivity index (χ1n) is 39.1. The predicted molar refractivity (Wildman–Crippen MR) is 463 cm³/mol. The number of H-pyrrole nitrogens is 4. The Morgan fingerprint density at radius 3 is 1.18 bits per heavy atom. The molecule has 612 valence electrons. The molecule has 0 fully saturated rings. The molecule has 0 unspecified atom stereocenters. The number of carbonyl (C=O) groups excluding carboxylic acids is 3. The maximum absolute atomic E-state index is 12.2. The highest BCUT2D eigenvalue weighted by atomic mass is 35.5. The number of hydrogen-bond acceptors (Lipinski definition) is 15. The Balaban J connectivity index is 0.000000200. The van der Waals surface area contributed by atoms with E-state index < -0.39 is 11.6 Å². The molecule has 0 spiro atoms. The molecule has 15 N–H and O–H groups in total. The summed E-state index contributed by atoms with van der Waals surface area (Å²) in [6.07, 6.45) is 21.6. The van der Waals surface area contributed by atoms with Crippen LogP contribution in [0.4, 0.5) is 34.1 Å². The summed E-state index contributed by atoms with van der Waals surface area (Å²) < 4.78 is 21.0. The van der Waals surface area contributed by atoms with Crippen LogP contribution in [0.3, 0.4) is 0 Å². The lowest BCUT2D eigenvalue weighted by atomic mass is 10.1. The van der Waals surface area contributed by atoms with Crippen LogP contribution in [-0.2, 0) is 67.5 Å². The molecule has 0 aliphatic heterocycles. The van der Waals surface area contributed by atoms with Gasteiger partial charge in [-0.2, -0.15) is 0 Å². The minimum atomic E-state index is -0.767. The Bertz CT molecular complexity index is 5300. The molecule has 6 aromatic heterocycles. The summed E-state index contributed by atoms with van der Waals surface area (Å²) in [5, 5.41) is 45.5. The van der Waals surface area contributed by atoms with Crippen molar-refractivity contribution in [2.24, 2.45) is 5.73 Å². The van der Waals surface area contributed by atoms with Gasteiger partial charge in [-0.3, -0.25) is 19.2 Å². The number of aliphatic carboxylic acids is 1. The third kappa shape index (κ3) is 31.6. The number of aliphatic hydroxyl groups is 2. The van der Waals surface area contributed by atoms with Crippen LogP contribution in [0.1, 0.15) is 152 Å². The number of carboxylic acids is 1. The van der Waals surface area contributed by atoms with Crippen molar-refractivity contribution < 1.29 is 52.8 Å². The largest absolute Gasteiger partial charge is 0.481 e. The number of carboxylic acid groups (broad SMARTS) is 1. The zero-order valence-electron chi connectivity index (χ0n) is 67.2. The van der Waals surface area contributed by atoms with Crippen LogP contribution in [0.2, 0.25) is 0 Å². The molecule has 26 heteroatoms. The fourth-order valence-electron chi connectivity index (χ4n) is 12.4. The number of halogens is 1. The van der Waals surface area contributed by atoms with Gasteiger partial charge < -0.3 is 86.3 Å². The van der Waals surface area contributed by atoms with E-state index in [2.05, 4.69) is 60.6 Å². The van der Waals surface area contributed by atoms with Gasteiger partial charge in [-0.05, 0) is 279 Å². The molecule has 0 saturated carbocycles. The molecule has 1 amide bonds. The van der Waals surface area contributed by atoms with Crippen LogP contribution < -0.4 is 32.7 Å². The van der Waals surface area contributed by atoms with Gasteiger partial charge in [0.15, 0.2) is 22.7 Å². The number of nitrogen functional groups attached to an aromatic ring is 1. The first-order valence-corrected chi connectivity index (χ1v) is 39.6. The number of benzene rings is 6. The number of esters is 2. The van der Waals surface area contributed by atoms with E-state index in [1.165, 1.54) is 27.6 Å². The molecule has 12 aromatic rings. The van der Waals surface area contributed by atoms with Crippen molar-refractivity contribution >= 4 is 135 Å². The zero-order chi connectivity index (χ0) is 83.8. The first-order chi connectivity index (χ1) is 55.8. The number of nitrogens with two attached hydrogens (primary N) is 2. The van der Waals surface area contributed by atoms with Crippen molar-refractivity contribution in [3.8, 4) is 0 Å². The number of furan rings is 2. The van der Waals surface area contributed by atoms with Gasteiger partial charge in [-0.15, -0.1) is 11.6 Å². The summed E-state index contributed by atoms with van der Waals surface area (Å²) in [6, 6.07) is 37.3. The van der Waals surface area contributed by atoms with E-state index in [4.69, 9.17) is 83.0 Å². The number of fused-ring (bicyclic) bond motifs is 6. The Morgan fingerprint density at radius 2 is 0.819 bits per heavy atom. The minimum absolute atomic E-state index is 0.0443. The third-order valence-corrected chi connectivity index (χ3v) is 18.3. The van der Waals surface area contributed by atoms with Gasteiger partial charge in [0, 0.05) is 107 Å². The van der Waals surface area contributed by atoms with Gasteiger partial charge in [0.25, 0.3) is 0 Å². The smallest absolute Gasteiger partial charge is 0.307 e. The van der Waals surface area contributed by atoms with Crippen LogP contribution in [0.15, 0.2) is 155 Å². The second-order valence-electron chi connectivity index (χ2n) is 29.6. The topological polar surface area (TPSA) is 354 Å². The summed E-state index contributed by atoms with van der Waals surface area (Å²) in [6.45, 7) is 44.0. The van der Waals surface area contributed by atoms with Crippen LogP contribution in [0.25, 0.3) is 84.9 Å². The zero-order valence-corrected chi connectivity index (χ0v) is 67.9. The van der Waals surface area contributed by atoms with E-state index in [9.17, 15) is 19.2 Å². The molecule has 25 nitrogen and oxygen atoms in total. The molecule has 12 rings (SSSR count). The fraction of sp³-hybridized carbons (Fsp3) is 0.378. The van der Waals surface area contributed by atoms with Crippen molar-refractivity contribution in [1.29, 1.82) is 0 Å². The monoisotopic (exact) mass is 1600 g/mol. The molecule has 0 radical (unpaired) electrons. The van der Waals surface area contributed by atoms with Crippen molar-refractivity contribution in [3.63, 3.8) is 0 Å². The quantitative estimate of drug-likeness (QED) is 0.00597. The second kappa shape index (κ2) is 47.8. The third-order valence-electron chi connectivity index (χ3n) is 18.0. The SMILES string of the molecule is CC(C)(C)OC(=O)CCN.Nc1ccc2oc(CO)cc2c1.[C-]#[N+]c1ccc2[nH]cc(CCCCCl)c2c1.[C-]#[N+]c1ccc2[nH]cc(CCCCNCCC(=O)Nc3ccc4oc(CO)cc4c3)c2c1.[C-]#[N+]c1ccc2[nH]cc(CCCCNCCC(=O)O)c2c1.[C-]#[N+]c1ccc2[nH]cc(CCCCNCCC(=O)OC(C)(C)C)c2c1. The number of unbranched alkanes of at least 4 members (excludes halogenated alkanes) is 4. The lowest BCUT2D eigenvalue weighted by Crippen LogP contribution is -2.27. The Hall–Kier alpha value is -11.8. The van der Waals surface area contributed by atoms with Gasteiger partial charge >= 0.3 is 17.9 Å². The highest BCUT2D eigenvalue weighted by molar-refractivity contribution is 6.17. The number of hydrogen-bond donors (Lipinski definition) is 13. The van der Waals surface area contributed by atoms with E-state index in [0.717, 1.165) is 157 Å². The number of aliphatic hydroxyl groups excluding tert-OH is 2. The van der Waals surface area contributed by atoms with Gasteiger partial charge in [-0.25, -0.2) is 19.4 Å². The number of rotatable bonds is 33. The number of ether oxygens (including phenoxy) is 2. The number of nitrogens with one attached hydrogen (secondary N) is 8. The average Bonchev–Trinajstić information content (AvgIpc) is 1.69. The highest BCUT2D eigenvalue weighted by Gasteiger charge is 2.18. The van der Waals surface area contributed by atoms with Gasteiger partial charge in [-0.1, -0.05) is 24.3 Å². The Kier molecular flexibility index (Phi) is 37.7. The van der Waals surface area contributed by atoms with Crippen molar-refractivity contribution in [3.05, 3.63) is 226 Å². The van der Waals surface area contributed by atoms with Crippen LogP contribution in [-0.4, -0.2) is 122 Å². The second-order valence-corrected chi connectivity index (χ2v) is 30.0. The summed E-state index contributed by atoms with van der Waals surface area (Å²) in [4.78, 5) is 71.8. The van der Waals surface area contributed by atoms with Crippen LogP contribution >= 0.6 is 11.6 Å². The number of alkyl halides is 1. The van der Waals surface area contributed by atoms with Gasteiger partial charge in [0.05, 0.1) is 45.6 Å². The molecule has 6 heterocycles. The number of nitrogens with zero attached hydrogens (tertiary/aromatic N) is 4. The maximum atomic E-state index is 12.2. The molecule has 116 heavy (non-hydrogen) atoms. The minimum Gasteiger partial charge on any atom is -0.481 e. The molecule has 0 bridgehead atoms. The lowest BCUT2D eigenvalue weighted by Gasteiger charge is -2.19. The number of carbonyl (C=O) groups is 4. The van der Waals surface area contributed by atoms with Gasteiger partial charge in [0.2, 0.25) is 5.91 Å². The fourth-order valence-corrected chi connectivity index (χ4v) is 12.6. The molecular weight excluding hydrogens is 1490 g/mol. The van der Waals surface area contributed by atoms with Crippen LogP contribution in [0, 0.1) is 26.3 Å². The number of amides is 1. The summed E-state index contributed by atoms with van der Waals surface area (Å²) >= 11 is 5.66. The Labute approximate surface area is 682 Å². The van der Waals surface area contributed by atoms with E-state index in [1.54, 1.807) is 36.4 Å². The molecule has 0 aliphatic rings. The summed E-state index contributed by atoms with van der Waals surface area (Å²) in [7, 11) is 0. The number of anilines is 2. The summed E-state index contributed by atoms with van der Waals surface area (Å²) in [5.41, 5.74) is 24.8. The number of aromatic amines is 4. The number of aromatic nitrogens is 4. The molecule has 0 saturated heterocycles. The van der Waals surface area contributed by atoms with E-state index in [-0.39, 0.29) is 43.1 Å². The van der Waals surface area contributed by atoms with Crippen LogP contribution in [0.5, 0.6) is 0 Å². The normalized spacial score (nSPS) is 11.0. The van der Waals surface area contributed by atoms with Gasteiger partial charge in [0.1, 0.15) is 47.1 Å². The van der Waals surface area contributed by atoms with Crippen molar-refractivity contribution in [1.82, 2.24) is 35.9 Å². The Morgan fingerprint density at radius 1 is 0.457 bits per heavy atom. The lowest BCUT2D eigenvalue weighted by molar-refractivity contribution is -0.155. The van der Waals surface area contributed by atoms with Crippen molar-refractivity contribution in [2.45, 2.75) is 169 Å². The van der Waals surface area contributed by atoms with E-state index in [0.29, 0.717) is 96.7 Å². The average molecular weight is 1600 g/mol. The van der Waals surface area contributed by atoms with E-state index >= 15 is 0 Å². The molecule has 0 aliphatic carbocycles. The molecular formula is C90H109ClN14O11. The summed E-state index contributed by atoms with van der Waals surface area (Å²) in [5.74, 6) is 0.592. The molecule has 0 atom stereocenters. The predicted octanol–water partition coefficient (Wildman–Crippen LogP) is 18.8. The first kappa shape index (κ1) is 91.4. The standard InChI is InChI=1S/C25H26N4O3.C20H27N3O2.C16H19N3O2.C13H13ClN2.C9H9NO2.C7H15NO2/c1-26-19-5-7-23-22(14-19)17(15-28-23)4-2-3-10-27-11-9-25(31)29-20-6-8-24-18(12-20)13-21(16-30)32-24;1-20(2,3)25-19(24)10-12-22-11-6-5-7-15-14-23-18-9-8-16(21-4)13-17(15)18;1-17-13-5-6-15-14(10-13)12(11-19-15)4-2-3-8-18-9-7-16(20)21;1-15-11-5-6-13-12(8-11)10(9-16-13)4-2-3-7-14;10-7-1-2-9-6(3-7)4-8(5-11)12-9;1-7(2,3)10-6(9)4-5-8/h5-8,12-15,27-28,30H,2-4,9-11,16H2,(H,29,31);8-9,13-14,22-23H,5-7,10-12H2,1-3H3;5-6,10-11,18-19H,2-4,7-9H2,(H,20,21);5-6,8-9,16H,2-4,7H2;1-4,11H,5,10H2;4-5,8H2,1-3H3. The highest BCUT2D eigenvalue weighted by Crippen LogP contribution is 2.31. The number of aryl methyl sites for hydroxylation is 4. The van der Waals surface area contributed by atoms with Crippen molar-refractivity contribution in [2.75, 3.05) is 62.7 Å². The maximum Gasteiger partial charge on any atom is 0.307 e. The van der Waals surface area contributed by atoms with E-state index in [1.807, 2.05) is 151 Å².